The summed E-state index contributed by atoms with van der Waals surface area (Å²) < 4.78 is 5.75. The van der Waals surface area contributed by atoms with Crippen LogP contribution in [-0.4, -0.2) is 51.8 Å². The number of hydrogen-bond donors (Lipinski definition) is 2. The zero-order valence-corrected chi connectivity index (χ0v) is 16.1. The molecule has 1 heterocycles. The number of nitrogens with one attached hydrogen (secondary N) is 2. The van der Waals surface area contributed by atoms with Gasteiger partial charge in [-0.2, -0.15) is 0 Å². The van der Waals surface area contributed by atoms with Crippen molar-refractivity contribution in [2.75, 3.05) is 50.8 Å². The van der Waals surface area contributed by atoms with E-state index in [1.807, 2.05) is 37.3 Å². The van der Waals surface area contributed by atoms with Gasteiger partial charge in [0, 0.05) is 6.54 Å². The molecule has 0 atom stereocenters. The van der Waals surface area contributed by atoms with Crippen molar-refractivity contribution in [3.8, 4) is 5.75 Å². The number of nitrogens with zero attached hydrogens (tertiary/aromatic N) is 1. The van der Waals surface area contributed by atoms with Crippen LogP contribution >= 0.6 is 0 Å². The molecule has 0 aliphatic carbocycles. The Kier molecular flexibility index (Phi) is 7.11. The summed E-state index contributed by atoms with van der Waals surface area (Å²) in [6, 6.07) is 18.5. The van der Waals surface area contributed by atoms with Gasteiger partial charge in [-0.3, -0.25) is 4.79 Å². The quantitative estimate of drug-likeness (QED) is 0.735. The molecule has 0 unspecified atom stereocenters. The summed E-state index contributed by atoms with van der Waals surface area (Å²) in [5.41, 5.74) is 2.41. The predicted octanol–water partition coefficient (Wildman–Crippen LogP) is 1.15. The largest absolute Gasteiger partial charge is 0.492 e. The molecule has 1 amide bonds. The van der Waals surface area contributed by atoms with Gasteiger partial charge in [0.25, 0.3) is 5.91 Å². The minimum Gasteiger partial charge on any atom is -0.492 e. The smallest absolute Gasteiger partial charge is 0.275 e. The number of carbonyl (C=O) groups excluding carboxylic acids is 1. The molecule has 0 spiro atoms. The maximum atomic E-state index is 12.2. The number of ether oxygens (including phenoxy) is 1. The van der Waals surface area contributed by atoms with E-state index >= 15 is 0 Å². The number of amides is 1. The Balaban J connectivity index is 1.41. The standard InChI is InChI=1S/C22H29N3O2/c1-2-27-21-11-7-6-10-20(21)25-16-14-24(15-17-25)18-22(26)23-13-12-19-8-4-3-5-9-19/h3-11H,2,12-18H2,1H3,(H,23,26)/p+1. The zero-order valence-electron chi connectivity index (χ0n) is 16.1. The number of piperazine rings is 1. The van der Waals surface area contributed by atoms with Crippen molar-refractivity contribution in [1.82, 2.24) is 5.32 Å². The number of hydrogen-bond acceptors (Lipinski definition) is 3. The molecule has 27 heavy (non-hydrogen) atoms. The van der Waals surface area contributed by atoms with Gasteiger partial charge in [0.15, 0.2) is 6.54 Å². The van der Waals surface area contributed by atoms with Crippen LogP contribution in [0, 0.1) is 0 Å². The van der Waals surface area contributed by atoms with E-state index < -0.39 is 0 Å². The fourth-order valence-corrected chi connectivity index (χ4v) is 3.52. The van der Waals surface area contributed by atoms with Crippen molar-refractivity contribution in [1.29, 1.82) is 0 Å². The third-order valence-electron chi connectivity index (χ3n) is 4.97. The molecular formula is C22H30N3O2+. The highest BCUT2D eigenvalue weighted by molar-refractivity contribution is 5.76. The van der Waals surface area contributed by atoms with Gasteiger partial charge in [0.1, 0.15) is 5.75 Å². The van der Waals surface area contributed by atoms with Gasteiger partial charge >= 0.3 is 0 Å². The van der Waals surface area contributed by atoms with Crippen LogP contribution in [0.15, 0.2) is 54.6 Å². The Morgan fingerprint density at radius 3 is 2.52 bits per heavy atom. The van der Waals surface area contributed by atoms with Crippen molar-refractivity contribution < 1.29 is 14.4 Å². The molecule has 2 aromatic rings. The maximum absolute atomic E-state index is 12.2. The molecule has 0 bridgehead atoms. The lowest BCUT2D eigenvalue weighted by atomic mass is 10.1. The first-order valence-corrected chi connectivity index (χ1v) is 9.87. The van der Waals surface area contributed by atoms with Gasteiger partial charge in [0.05, 0.1) is 38.5 Å². The topological polar surface area (TPSA) is 46.0 Å². The van der Waals surface area contributed by atoms with Crippen molar-refractivity contribution >= 4 is 11.6 Å². The molecule has 2 N–H and O–H groups in total. The van der Waals surface area contributed by atoms with Crippen LogP contribution in [0.3, 0.4) is 0 Å². The predicted molar refractivity (Wildman–Crippen MR) is 109 cm³/mol. The van der Waals surface area contributed by atoms with Crippen molar-refractivity contribution in [3.63, 3.8) is 0 Å². The van der Waals surface area contributed by atoms with Crippen molar-refractivity contribution in [2.24, 2.45) is 0 Å². The second kappa shape index (κ2) is 9.97. The molecule has 144 valence electrons. The lowest BCUT2D eigenvalue weighted by molar-refractivity contribution is -0.892. The van der Waals surface area contributed by atoms with Crippen LogP contribution < -0.4 is 19.9 Å². The minimum absolute atomic E-state index is 0.143. The molecule has 0 radical (unpaired) electrons. The monoisotopic (exact) mass is 368 g/mol. The van der Waals surface area contributed by atoms with E-state index in [4.69, 9.17) is 4.74 Å². The van der Waals surface area contributed by atoms with Crippen LogP contribution in [-0.2, 0) is 11.2 Å². The van der Waals surface area contributed by atoms with E-state index in [-0.39, 0.29) is 5.91 Å². The molecule has 2 aromatic carbocycles. The van der Waals surface area contributed by atoms with Gasteiger partial charge in [-0.15, -0.1) is 0 Å². The lowest BCUT2D eigenvalue weighted by Crippen LogP contribution is -3.16. The summed E-state index contributed by atoms with van der Waals surface area (Å²) >= 11 is 0. The van der Waals surface area contributed by atoms with Crippen LogP contribution in [0.1, 0.15) is 12.5 Å². The summed E-state index contributed by atoms with van der Waals surface area (Å²) in [6.07, 6.45) is 0.879. The summed E-state index contributed by atoms with van der Waals surface area (Å²) in [7, 11) is 0. The number of para-hydroxylation sites is 2. The SMILES string of the molecule is CCOc1ccccc1N1CC[NH+](CC(=O)NCCc2ccccc2)CC1. The molecule has 3 rings (SSSR count). The fraction of sp³-hybridized carbons (Fsp3) is 0.409. The Bertz CT molecular complexity index is 713. The first-order valence-electron chi connectivity index (χ1n) is 9.87. The third-order valence-corrected chi connectivity index (χ3v) is 4.97. The second-order valence-corrected chi connectivity index (χ2v) is 6.90. The third kappa shape index (κ3) is 5.73. The molecule has 0 saturated carbocycles. The number of anilines is 1. The van der Waals surface area contributed by atoms with Gasteiger partial charge in [-0.1, -0.05) is 42.5 Å². The van der Waals surface area contributed by atoms with Gasteiger partial charge in [0.2, 0.25) is 0 Å². The van der Waals surface area contributed by atoms with Gasteiger partial charge in [-0.05, 0) is 31.0 Å². The Labute approximate surface area is 161 Å². The Morgan fingerprint density at radius 2 is 1.78 bits per heavy atom. The second-order valence-electron chi connectivity index (χ2n) is 6.90. The van der Waals surface area contributed by atoms with Gasteiger partial charge in [-0.25, -0.2) is 0 Å². The number of quaternary nitrogens is 1. The summed E-state index contributed by atoms with van der Waals surface area (Å²) in [5, 5.41) is 3.05. The highest BCUT2D eigenvalue weighted by atomic mass is 16.5. The van der Waals surface area contributed by atoms with Crippen molar-refractivity contribution in [2.45, 2.75) is 13.3 Å². The van der Waals surface area contributed by atoms with Crippen molar-refractivity contribution in [3.05, 3.63) is 60.2 Å². The number of benzene rings is 2. The molecule has 1 fully saturated rings. The molecule has 0 aromatic heterocycles. The molecule has 1 aliphatic rings. The van der Waals surface area contributed by atoms with Gasteiger partial charge < -0.3 is 19.9 Å². The number of rotatable bonds is 8. The average Bonchev–Trinajstić information content (AvgIpc) is 2.70. The van der Waals surface area contributed by atoms with Crippen LogP contribution in [0.2, 0.25) is 0 Å². The van der Waals surface area contributed by atoms with E-state index in [1.165, 1.54) is 10.5 Å². The van der Waals surface area contributed by atoms with Crippen LogP contribution in [0.25, 0.3) is 0 Å². The molecule has 5 heteroatoms. The normalized spacial score (nSPS) is 14.8. The highest BCUT2D eigenvalue weighted by Gasteiger charge is 2.23. The first kappa shape index (κ1) is 19.2. The fourth-order valence-electron chi connectivity index (χ4n) is 3.52. The summed E-state index contributed by atoms with van der Waals surface area (Å²) in [5.74, 6) is 1.09. The first-order chi connectivity index (χ1) is 13.3. The van der Waals surface area contributed by atoms with E-state index in [0.717, 1.165) is 44.0 Å². The Morgan fingerprint density at radius 1 is 1.07 bits per heavy atom. The average molecular weight is 369 g/mol. The molecular weight excluding hydrogens is 338 g/mol. The lowest BCUT2D eigenvalue weighted by Gasteiger charge is -2.34. The van der Waals surface area contributed by atoms with E-state index in [2.05, 4.69) is 34.5 Å². The summed E-state index contributed by atoms with van der Waals surface area (Å²) in [6.45, 7) is 7.74. The van der Waals surface area contributed by atoms with E-state index in [1.54, 1.807) is 0 Å². The van der Waals surface area contributed by atoms with Crippen LogP contribution in [0.4, 0.5) is 5.69 Å². The van der Waals surface area contributed by atoms with E-state index in [0.29, 0.717) is 19.7 Å². The highest BCUT2D eigenvalue weighted by Crippen LogP contribution is 2.27. The number of carbonyl (C=O) groups is 1. The van der Waals surface area contributed by atoms with E-state index in [9.17, 15) is 4.79 Å². The molecule has 1 aliphatic heterocycles. The minimum atomic E-state index is 0.143. The zero-order chi connectivity index (χ0) is 18.9. The molecule has 1 saturated heterocycles. The maximum Gasteiger partial charge on any atom is 0.275 e. The molecule has 5 nitrogen and oxygen atoms in total. The summed E-state index contributed by atoms with van der Waals surface area (Å²) in [4.78, 5) is 15.9. The Hall–Kier alpha value is -2.53. The van der Waals surface area contributed by atoms with Crippen LogP contribution in [0.5, 0.6) is 5.75 Å².